The Kier molecular flexibility index (Phi) is 11.9. The lowest BCUT2D eigenvalue weighted by Gasteiger charge is -2.18. The number of ether oxygens (including phenoxy) is 2. The van der Waals surface area contributed by atoms with E-state index in [4.69, 9.17) is 9.47 Å². The lowest BCUT2D eigenvalue weighted by atomic mass is 10.3. The Hall–Kier alpha value is 0.220. The number of hydrogen-bond acceptors (Lipinski definition) is 11. The largest absolute Gasteiger partial charge is 0.458 e. The summed E-state index contributed by atoms with van der Waals surface area (Å²) >= 11 is 13.4. The van der Waals surface area contributed by atoms with E-state index in [0.717, 1.165) is 23.0 Å². The SMILES string of the molecule is C=CC(=O)OC(C)C1CSC(CSc2ccc(SCC3SCC(C(C)OC(=O)C=C)S3)s2)S1. The zero-order valence-corrected chi connectivity index (χ0v) is 24.2. The van der Waals surface area contributed by atoms with Crippen LogP contribution in [-0.4, -0.2) is 66.8 Å². The van der Waals surface area contributed by atoms with Gasteiger partial charge in [-0.15, -0.1) is 81.9 Å². The van der Waals surface area contributed by atoms with E-state index in [-0.39, 0.29) is 24.1 Å². The molecule has 3 rings (SSSR count). The first-order valence-corrected chi connectivity index (χ1v) is 17.2. The van der Waals surface area contributed by atoms with Crippen molar-refractivity contribution in [2.24, 2.45) is 0 Å². The molecule has 1 aromatic rings. The number of carbonyl (C=O) groups excluding carboxylic acids is 2. The third-order valence-electron chi connectivity index (χ3n) is 4.81. The van der Waals surface area contributed by atoms with E-state index >= 15 is 0 Å². The Balaban J connectivity index is 1.35. The molecule has 182 valence electrons. The second-order valence-electron chi connectivity index (χ2n) is 7.26. The van der Waals surface area contributed by atoms with E-state index in [2.05, 4.69) is 25.3 Å². The molecule has 0 radical (unpaired) electrons. The lowest BCUT2D eigenvalue weighted by Crippen LogP contribution is -2.25. The summed E-state index contributed by atoms with van der Waals surface area (Å²) in [4.78, 5) is 22.8. The fraction of sp³-hybridized carbons (Fsp3) is 0.545. The highest BCUT2D eigenvalue weighted by Crippen LogP contribution is 2.45. The molecule has 6 unspecified atom stereocenters. The van der Waals surface area contributed by atoms with Crippen molar-refractivity contribution in [2.75, 3.05) is 23.0 Å². The van der Waals surface area contributed by atoms with Crippen molar-refractivity contribution in [1.29, 1.82) is 0 Å². The van der Waals surface area contributed by atoms with Gasteiger partial charge in [0.05, 0.1) is 28.1 Å². The van der Waals surface area contributed by atoms with Gasteiger partial charge in [0.1, 0.15) is 12.2 Å². The minimum atomic E-state index is -0.342. The number of hydrogen-bond donors (Lipinski definition) is 0. The van der Waals surface area contributed by atoms with E-state index in [1.807, 2.05) is 95.8 Å². The van der Waals surface area contributed by atoms with Gasteiger partial charge in [-0.05, 0) is 26.0 Å². The van der Waals surface area contributed by atoms with Crippen LogP contribution in [0.25, 0.3) is 0 Å². The smallest absolute Gasteiger partial charge is 0.330 e. The highest BCUT2D eigenvalue weighted by molar-refractivity contribution is 8.22. The maximum Gasteiger partial charge on any atom is 0.330 e. The third kappa shape index (κ3) is 8.99. The van der Waals surface area contributed by atoms with Crippen LogP contribution in [0, 0.1) is 0 Å². The van der Waals surface area contributed by atoms with Gasteiger partial charge in [0.2, 0.25) is 0 Å². The van der Waals surface area contributed by atoms with Gasteiger partial charge < -0.3 is 9.47 Å². The molecular formula is C22H28O4S7. The predicted octanol–water partition coefficient (Wildman–Crippen LogP) is 6.52. The quantitative estimate of drug-likeness (QED) is 0.155. The molecule has 0 amide bonds. The number of esters is 2. The van der Waals surface area contributed by atoms with Crippen LogP contribution in [0.4, 0.5) is 0 Å². The summed E-state index contributed by atoms with van der Waals surface area (Å²) < 4.78 is 14.5. The molecule has 4 nitrogen and oxygen atoms in total. The van der Waals surface area contributed by atoms with Crippen LogP contribution in [0.15, 0.2) is 45.9 Å². The molecule has 0 bridgehead atoms. The molecule has 0 spiro atoms. The summed E-state index contributed by atoms with van der Waals surface area (Å²) in [6, 6.07) is 4.45. The number of thioether (sulfide) groups is 6. The first kappa shape index (κ1) is 27.8. The van der Waals surface area contributed by atoms with Crippen molar-refractivity contribution < 1.29 is 19.1 Å². The molecule has 2 aliphatic rings. The summed E-state index contributed by atoms with van der Waals surface area (Å²) in [5, 5.41) is 0.680. The van der Waals surface area contributed by atoms with Crippen molar-refractivity contribution >= 4 is 93.8 Å². The molecule has 2 fully saturated rings. The second kappa shape index (κ2) is 14.1. The second-order valence-corrected chi connectivity index (χ2v) is 16.9. The van der Waals surface area contributed by atoms with Crippen LogP contribution in [-0.2, 0) is 19.1 Å². The topological polar surface area (TPSA) is 52.6 Å². The van der Waals surface area contributed by atoms with Gasteiger partial charge in [-0.3, -0.25) is 0 Å². The summed E-state index contributed by atoms with van der Waals surface area (Å²) in [6.45, 7) is 10.9. The molecule has 0 aromatic carbocycles. The van der Waals surface area contributed by atoms with Gasteiger partial charge >= 0.3 is 11.9 Å². The van der Waals surface area contributed by atoms with Crippen molar-refractivity contribution in [3.05, 3.63) is 37.4 Å². The van der Waals surface area contributed by atoms with Crippen LogP contribution >= 0.6 is 81.9 Å². The Bertz CT molecular complexity index is 765. The molecule has 6 atom stereocenters. The zero-order valence-electron chi connectivity index (χ0n) is 18.5. The monoisotopic (exact) mass is 580 g/mol. The first-order chi connectivity index (χ1) is 15.9. The minimum Gasteiger partial charge on any atom is -0.458 e. The highest BCUT2D eigenvalue weighted by atomic mass is 32.2. The molecule has 2 aliphatic heterocycles. The van der Waals surface area contributed by atoms with Crippen LogP contribution < -0.4 is 0 Å². The van der Waals surface area contributed by atoms with E-state index < -0.39 is 0 Å². The average molecular weight is 581 g/mol. The van der Waals surface area contributed by atoms with Gasteiger partial charge in [0.15, 0.2) is 0 Å². The molecule has 11 heteroatoms. The summed E-state index contributed by atoms with van der Waals surface area (Å²) in [7, 11) is 0. The van der Waals surface area contributed by atoms with Crippen LogP contribution in [0.1, 0.15) is 13.8 Å². The molecular weight excluding hydrogens is 553 g/mol. The van der Waals surface area contributed by atoms with Gasteiger partial charge in [0.25, 0.3) is 0 Å². The predicted molar refractivity (Wildman–Crippen MR) is 153 cm³/mol. The molecule has 33 heavy (non-hydrogen) atoms. The first-order valence-electron chi connectivity index (χ1n) is 10.4. The zero-order chi connectivity index (χ0) is 23.8. The van der Waals surface area contributed by atoms with E-state index in [1.165, 1.54) is 20.6 Å². The Labute approximate surface area is 226 Å². The molecule has 0 saturated carbocycles. The number of carbonyl (C=O) groups is 2. The fourth-order valence-electron chi connectivity index (χ4n) is 2.99. The van der Waals surface area contributed by atoms with Crippen molar-refractivity contribution in [3.8, 4) is 0 Å². The Morgan fingerprint density at radius 3 is 1.76 bits per heavy atom. The maximum atomic E-state index is 11.4. The van der Waals surface area contributed by atoms with Crippen molar-refractivity contribution in [1.82, 2.24) is 0 Å². The highest BCUT2D eigenvalue weighted by Gasteiger charge is 2.33. The van der Waals surface area contributed by atoms with Crippen LogP contribution in [0.2, 0.25) is 0 Å². The van der Waals surface area contributed by atoms with E-state index in [9.17, 15) is 9.59 Å². The van der Waals surface area contributed by atoms with Gasteiger partial charge in [0, 0.05) is 35.2 Å². The van der Waals surface area contributed by atoms with Gasteiger partial charge in [-0.2, -0.15) is 0 Å². The minimum absolute atomic E-state index is 0.0873. The molecule has 0 aliphatic carbocycles. The normalized spacial score (nSPS) is 26.5. The summed E-state index contributed by atoms with van der Waals surface area (Å²) in [5.74, 6) is 3.44. The third-order valence-corrected chi connectivity index (χ3v) is 16.2. The number of rotatable bonds is 12. The fourth-order valence-corrected chi connectivity index (χ4v) is 13.9. The molecule has 2 saturated heterocycles. The van der Waals surface area contributed by atoms with E-state index in [1.54, 1.807) is 0 Å². The maximum absolute atomic E-state index is 11.4. The Morgan fingerprint density at radius 2 is 1.36 bits per heavy atom. The summed E-state index contributed by atoms with van der Waals surface area (Å²) in [6.07, 6.45) is 2.28. The summed E-state index contributed by atoms with van der Waals surface area (Å²) in [5.41, 5.74) is 0. The van der Waals surface area contributed by atoms with Gasteiger partial charge in [-0.1, -0.05) is 13.2 Å². The molecule has 1 aromatic heterocycles. The molecule has 3 heterocycles. The van der Waals surface area contributed by atoms with Crippen LogP contribution in [0.3, 0.4) is 0 Å². The van der Waals surface area contributed by atoms with Crippen molar-refractivity contribution in [2.45, 2.75) is 54.1 Å². The van der Waals surface area contributed by atoms with E-state index in [0.29, 0.717) is 19.7 Å². The Morgan fingerprint density at radius 1 is 0.939 bits per heavy atom. The molecule has 0 N–H and O–H groups in total. The lowest BCUT2D eigenvalue weighted by molar-refractivity contribution is -0.142. The van der Waals surface area contributed by atoms with Crippen molar-refractivity contribution in [3.63, 3.8) is 0 Å². The van der Waals surface area contributed by atoms with Gasteiger partial charge in [-0.25, -0.2) is 9.59 Å². The number of thiophene rings is 1. The van der Waals surface area contributed by atoms with Crippen LogP contribution in [0.5, 0.6) is 0 Å². The standard InChI is InChI=1S/C22H28O4S7/c1-5-17(23)25-13(3)15-9-27-21(31-15)11-29-19-7-8-20(33-19)30-12-22-28-10-16(32-22)14(4)26-18(24)6-2/h5-8,13-16,21-22H,1-2,9-12H2,3-4H3. The average Bonchev–Trinajstić information content (AvgIpc) is 3.56.